The van der Waals surface area contributed by atoms with Gasteiger partial charge in [0.2, 0.25) is 0 Å². The summed E-state index contributed by atoms with van der Waals surface area (Å²) in [5.74, 6) is 1.09. The molecule has 0 spiro atoms. The first-order chi connectivity index (χ1) is 50.2. The molecular formula is C85H166O17P2. The molecule has 3 N–H and O–H groups in total. The molecule has 17 nitrogen and oxygen atoms in total. The van der Waals surface area contributed by atoms with Crippen molar-refractivity contribution >= 4 is 39.5 Å². The van der Waals surface area contributed by atoms with E-state index in [4.69, 9.17) is 37.0 Å². The normalized spacial score (nSPS) is 14.5. The van der Waals surface area contributed by atoms with Gasteiger partial charge in [-0.3, -0.25) is 37.3 Å². The highest BCUT2D eigenvalue weighted by Crippen LogP contribution is 2.45. The van der Waals surface area contributed by atoms with Crippen LogP contribution in [0, 0.1) is 23.7 Å². The van der Waals surface area contributed by atoms with Crippen LogP contribution in [0.5, 0.6) is 0 Å². The Morgan fingerprint density at radius 1 is 0.269 bits per heavy atom. The van der Waals surface area contributed by atoms with Gasteiger partial charge in [0.25, 0.3) is 0 Å². The molecule has 0 aliphatic carbocycles. The van der Waals surface area contributed by atoms with Crippen molar-refractivity contribution in [2.75, 3.05) is 39.6 Å². The van der Waals surface area contributed by atoms with Gasteiger partial charge in [-0.15, -0.1) is 0 Å². The van der Waals surface area contributed by atoms with Crippen LogP contribution >= 0.6 is 15.6 Å². The number of phosphoric ester groups is 2. The topological polar surface area (TPSA) is 237 Å². The fourth-order valence-corrected chi connectivity index (χ4v) is 14.7. The lowest BCUT2D eigenvalue weighted by atomic mass is 9.99. The summed E-state index contributed by atoms with van der Waals surface area (Å²) < 4.78 is 68.8. The van der Waals surface area contributed by atoms with Crippen LogP contribution in [-0.2, 0) is 65.4 Å². The maximum absolute atomic E-state index is 13.1. The number of phosphoric acid groups is 2. The van der Waals surface area contributed by atoms with Gasteiger partial charge in [-0.05, 0) is 49.4 Å². The van der Waals surface area contributed by atoms with E-state index in [1.807, 2.05) is 0 Å². The fraction of sp³-hybridized carbons (Fsp3) is 0.953. The molecule has 0 aliphatic rings. The van der Waals surface area contributed by atoms with Gasteiger partial charge in [-0.1, -0.05) is 389 Å². The Hall–Kier alpha value is -1.94. The monoisotopic (exact) mass is 1520 g/mol. The lowest BCUT2D eigenvalue weighted by molar-refractivity contribution is -0.161. The number of aliphatic hydroxyl groups is 1. The Morgan fingerprint density at radius 2 is 0.462 bits per heavy atom. The van der Waals surface area contributed by atoms with Gasteiger partial charge in [0.15, 0.2) is 12.2 Å². The minimum Gasteiger partial charge on any atom is -0.462 e. The third-order valence-corrected chi connectivity index (χ3v) is 22.4. The molecular weight excluding hydrogens is 1350 g/mol. The summed E-state index contributed by atoms with van der Waals surface area (Å²) >= 11 is 0. The molecule has 0 aromatic heterocycles. The van der Waals surface area contributed by atoms with E-state index in [1.54, 1.807) is 0 Å². The zero-order valence-corrected chi connectivity index (χ0v) is 70.5. The smallest absolute Gasteiger partial charge is 0.462 e. The number of ether oxygens (including phenoxy) is 4. The quantitative estimate of drug-likeness (QED) is 0.0222. The second kappa shape index (κ2) is 73.8. The molecule has 0 fully saturated rings. The maximum Gasteiger partial charge on any atom is 0.472 e. The van der Waals surface area contributed by atoms with E-state index >= 15 is 0 Å². The molecule has 5 unspecified atom stereocenters. The summed E-state index contributed by atoms with van der Waals surface area (Å²) in [6, 6.07) is 0. The maximum atomic E-state index is 13.1. The highest BCUT2D eigenvalue weighted by Gasteiger charge is 2.30. The van der Waals surface area contributed by atoms with Crippen LogP contribution in [0.3, 0.4) is 0 Å². The van der Waals surface area contributed by atoms with Crippen LogP contribution in [-0.4, -0.2) is 96.7 Å². The highest BCUT2D eigenvalue weighted by molar-refractivity contribution is 7.47. The third-order valence-electron chi connectivity index (χ3n) is 20.5. The zero-order chi connectivity index (χ0) is 76.7. The summed E-state index contributed by atoms with van der Waals surface area (Å²) in [6.07, 6.45) is 62.4. The predicted molar refractivity (Wildman–Crippen MR) is 428 cm³/mol. The van der Waals surface area contributed by atoms with Gasteiger partial charge < -0.3 is 33.8 Å². The molecule has 0 saturated carbocycles. The summed E-state index contributed by atoms with van der Waals surface area (Å²) in [4.78, 5) is 73.2. The van der Waals surface area contributed by atoms with Crippen molar-refractivity contribution < 1.29 is 80.2 Å². The second-order valence-corrected chi connectivity index (χ2v) is 34.9. The average molecular weight is 1520 g/mol. The Balaban J connectivity index is 5.23. The molecule has 0 amide bonds. The van der Waals surface area contributed by atoms with Crippen molar-refractivity contribution in [2.45, 2.75) is 459 Å². The van der Waals surface area contributed by atoms with Crippen LogP contribution in [0.2, 0.25) is 0 Å². The van der Waals surface area contributed by atoms with Gasteiger partial charge in [-0.25, -0.2) is 9.13 Å². The van der Waals surface area contributed by atoms with Crippen molar-refractivity contribution in [3.05, 3.63) is 0 Å². The first kappa shape index (κ1) is 102. The Labute approximate surface area is 638 Å². The molecule has 618 valence electrons. The second-order valence-electron chi connectivity index (χ2n) is 32.0. The first-order valence-electron chi connectivity index (χ1n) is 43.8. The van der Waals surface area contributed by atoms with Crippen molar-refractivity contribution in [2.24, 2.45) is 23.7 Å². The molecule has 7 atom stereocenters. The van der Waals surface area contributed by atoms with Gasteiger partial charge >= 0.3 is 39.5 Å². The summed E-state index contributed by atoms with van der Waals surface area (Å²) in [7, 11) is -9.93. The van der Waals surface area contributed by atoms with Crippen molar-refractivity contribution in [1.82, 2.24) is 0 Å². The fourth-order valence-electron chi connectivity index (χ4n) is 13.1. The van der Waals surface area contributed by atoms with Crippen LogP contribution in [0.25, 0.3) is 0 Å². The van der Waals surface area contributed by atoms with Crippen molar-refractivity contribution in [3.63, 3.8) is 0 Å². The van der Waals surface area contributed by atoms with Crippen LogP contribution in [0.1, 0.15) is 441 Å². The third kappa shape index (κ3) is 75.5. The predicted octanol–water partition coefficient (Wildman–Crippen LogP) is 25.6. The van der Waals surface area contributed by atoms with Gasteiger partial charge in [0, 0.05) is 25.7 Å². The van der Waals surface area contributed by atoms with Crippen molar-refractivity contribution in [1.29, 1.82) is 0 Å². The molecule has 19 heteroatoms. The van der Waals surface area contributed by atoms with Gasteiger partial charge in [-0.2, -0.15) is 0 Å². The number of hydrogen-bond acceptors (Lipinski definition) is 15. The number of esters is 4. The molecule has 0 aromatic carbocycles. The number of aliphatic hydroxyl groups excluding tert-OH is 1. The van der Waals surface area contributed by atoms with Crippen LogP contribution in [0.15, 0.2) is 0 Å². The molecule has 0 aromatic rings. The van der Waals surface area contributed by atoms with E-state index < -0.39 is 97.5 Å². The van der Waals surface area contributed by atoms with Crippen molar-refractivity contribution in [3.8, 4) is 0 Å². The average Bonchev–Trinajstić information content (AvgIpc) is 0.916. The Morgan fingerprint density at radius 3 is 0.683 bits per heavy atom. The summed E-state index contributed by atoms with van der Waals surface area (Å²) in [6.45, 7) is 14.3. The van der Waals surface area contributed by atoms with E-state index in [9.17, 15) is 43.2 Å². The van der Waals surface area contributed by atoms with Crippen LogP contribution in [0.4, 0.5) is 0 Å². The molecule has 0 saturated heterocycles. The van der Waals surface area contributed by atoms with E-state index in [-0.39, 0.29) is 25.7 Å². The first-order valence-corrected chi connectivity index (χ1v) is 46.8. The summed E-state index contributed by atoms with van der Waals surface area (Å²) in [5.41, 5.74) is 0. The number of carbonyl (C=O) groups is 4. The highest BCUT2D eigenvalue weighted by atomic mass is 31.2. The zero-order valence-electron chi connectivity index (χ0n) is 68.7. The molecule has 104 heavy (non-hydrogen) atoms. The van der Waals surface area contributed by atoms with Crippen LogP contribution < -0.4 is 0 Å². The van der Waals surface area contributed by atoms with E-state index in [2.05, 4.69) is 55.4 Å². The van der Waals surface area contributed by atoms with Gasteiger partial charge in [0.1, 0.15) is 19.3 Å². The molecule has 0 radical (unpaired) electrons. The minimum atomic E-state index is -4.97. The Kier molecular flexibility index (Phi) is 72.5. The van der Waals surface area contributed by atoms with E-state index in [1.165, 1.54) is 244 Å². The lowest BCUT2D eigenvalue weighted by Gasteiger charge is -2.21. The molecule has 0 bridgehead atoms. The minimum absolute atomic E-state index is 0.105. The van der Waals surface area contributed by atoms with Gasteiger partial charge in [0.05, 0.1) is 26.4 Å². The van der Waals surface area contributed by atoms with E-state index in [0.717, 1.165) is 114 Å². The molecule has 0 heterocycles. The number of rotatable bonds is 82. The summed E-state index contributed by atoms with van der Waals surface area (Å²) in [5, 5.41) is 10.7. The largest absolute Gasteiger partial charge is 0.472 e. The standard InChI is InChI=1S/C85H166O17P2/c1-9-77(7)63-55-47-39-30-23-19-15-13-11-12-14-16-22-26-33-43-51-59-67-84(89)101-80(71-95-82(87)65-57-49-41-32-25-21-18-17-20-24-31-40-48-56-64-78(8)10-2)73-99-103(91,92)97-69-79(86)70-98-104(93,94)100-74-81(72-96-83(88)66-58-50-42-36-35-38-46-54-62-76(5)6)102-85(90)68-60-52-44-34-28-27-29-37-45-53-61-75(3)4/h75-81,86H,9-74H2,1-8H3,(H,91,92)(H,93,94)/t77?,78?,79?,80-,81-/m1/s1. The molecule has 0 aliphatic heterocycles. The van der Waals surface area contributed by atoms with E-state index in [0.29, 0.717) is 25.7 Å². The number of carbonyl (C=O) groups excluding carboxylic acids is 4. The Bertz CT molecular complexity index is 2030. The molecule has 0 rings (SSSR count). The lowest BCUT2D eigenvalue weighted by Crippen LogP contribution is -2.30. The SMILES string of the molecule is CCC(C)CCCCCCCCCCCCCCCCCCCCC(=O)O[C@H](COC(=O)CCCCCCCCCCCCCCCCC(C)CC)COP(=O)(O)OCC(O)COP(=O)(O)OC[C@@H](COC(=O)CCCCCCCCCCC(C)C)OC(=O)CCCCCCCCCCCCC(C)C. The number of hydrogen-bond donors (Lipinski definition) is 3. The number of unbranched alkanes of at least 4 members (excludes halogenated alkanes) is 46.